The van der Waals surface area contributed by atoms with Gasteiger partial charge in [0.05, 0.1) is 17.4 Å². The summed E-state index contributed by atoms with van der Waals surface area (Å²) in [5.74, 6) is 0. The number of hydrogen-bond acceptors (Lipinski definition) is 4. The zero-order chi connectivity index (χ0) is 12.3. The predicted molar refractivity (Wildman–Crippen MR) is 65.3 cm³/mol. The number of rotatable bonds is 4. The molecule has 0 amide bonds. The third kappa shape index (κ3) is 2.68. The van der Waals surface area contributed by atoms with Crippen LogP contribution in [0.15, 0.2) is 24.7 Å². The Morgan fingerprint density at radius 1 is 1.41 bits per heavy atom. The molecule has 0 spiro atoms. The van der Waals surface area contributed by atoms with Crippen LogP contribution in [0.25, 0.3) is 0 Å². The van der Waals surface area contributed by atoms with E-state index in [1.807, 2.05) is 11.6 Å². The molecule has 5 nitrogen and oxygen atoms in total. The van der Waals surface area contributed by atoms with Gasteiger partial charge in [-0.2, -0.15) is 5.10 Å². The second-order valence-corrected chi connectivity index (χ2v) is 4.03. The minimum absolute atomic E-state index is 0.134. The molecule has 0 aliphatic heterocycles. The first kappa shape index (κ1) is 11.7. The van der Waals surface area contributed by atoms with E-state index in [0.29, 0.717) is 0 Å². The molecule has 0 aromatic carbocycles. The summed E-state index contributed by atoms with van der Waals surface area (Å²) in [6.45, 7) is 4.92. The van der Waals surface area contributed by atoms with E-state index in [9.17, 15) is 0 Å². The van der Waals surface area contributed by atoms with Crippen molar-refractivity contribution in [2.75, 3.05) is 0 Å². The first-order valence-electron chi connectivity index (χ1n) is 5.75. The number of aromatic nitrogens is 4. The fourth-order valence-electron chi connectivity index (χ4n) is 1.87. The Morgan fingerprint density at radius 3 is 2.88 bits per heavy atom. The highest BCUT2D eigenvalue weighted by atomic mass is 15.3. The van der Waals surface area contributed by atoms with Gasteiger partial charge in [-0.25, -0.2) is 0 Å². The first-order valence-corrected chi connectivity index (χ1v) is 5.75. The van der Waals surface area contributed by atoms with Gasteiger partial charge in [-0.3, -0.25) is 14.6 Å². The Balaban J connectivity index is 2.15. The molecule has 2 aromatic heterocycles. The largest absolute Gasteiger partial charge is 0.322 e. The molecule has 0 bridgehead atoms. The summed E-state index contributed by atoms with van der Waals surface area (Å²) < 4.78 is 1.98. The van der Waals surface area contributed by atoms with Gasteiger partial charge >= 0.3 is 0 Å². The maximum absolute atomic E-state index is 6.12. The maximum Gasteiger partial charge on any atom is 0.0757 e. The second kappa shape index (κ2) is 5.05. The van der Waals surface area contributed by atoms with E-state index in [4.69, 9.17) is 5.73 Å². The summed E-state index contributed by atoms with van der Waals surface area (Å²) in [5, 5.41) is 4.40. The van der Waals surface area contributed by atoms with E-state index in [1.54, 1.807) is 18.6 Å². The van der Waals surface area contributed by atoms with Crippen LogP contribution < -0.4 is 5.73 Å². The van der Waals surface area contributed by atoms with E-state index in [1.165, 1.54) is 0 Å². The standard InChI is InChI=1S/C12H17N5/c1-3-17-10(6-9(2)16-17)7-11(13)12-8-14-4-5-15-12/h4-6,8,11H,3,7,13H2,1-2H3. The molecular formula is C12H17N5. The molecule has 5 heteroatoms. The second-order valence-electron chi connectivity index (χ2n) is 4.03. The predicted octanol–water partition coefficient (Wildman–Crippen LogP) is 1.24. The molecule has 2 aromatic rings. The van der Waals surface area contributed by atoms with Crippen molar-refractivity contribution in [3.8, 4) is 0 Å². The van der Waals surface area contributed by atoms with Crippen LogP contribution in [0.5, 0.6) is 0 Å². The minimum atomic E-state index is -0.134. The molecule has 0 aliphatic carbocycles. The highest BCUT2D eigenvalue weighted by Crippen LogP contribution is 2.14. The molecular weight excluding hydrogens is 214 g/mol. The molecule has 2 N–H and O–H groups in total. The van der Waals surface area contributed by atoms with Crippen molar-refractivity contribution >= 4 is 0 Å². The molecule has 2 heterocycles. The Bertz CT molecular complexity index is 477. The number of nitrogens with zero attached hydrogens (tertiary/aromatic N) is 4. The lowest BCUT2D eigenvalue weighted by molar-refractivity contribution is 0.581. The summed E-state index contributed by atoms with van der Waals surface area (Å²) in [7, 11) is 0. The lowest BCUT2D eigenvalue weighted by Crippen LogP contribution is -2.17. The fraction of sp³-hybridized carbons (Fsp3) is 0.417. The topological polar surface area (TPSA) is 69.6 Å². The summed E-state index contributed by atoms with van der Waals surface area (Å²) in [6.07, 6.45) is 5.76. The van der Waals surface area contributed by atoms with Gasteiger partial charge in [-0.05, 0) is 19.9 Å². The van der Waals surface area contributed by atoms with Gasteiger partial charge in [0.25, 0.3) is 0 Å². The Labute approximate surface area is 101 Å². The van der Waals surface area contributed by atoms with Crippen LogP contribution in [-0.2, 0) is 13.0 Å². The van der Waals surface area contributed by atoms with Gasteiger partial charge in [-0.15, -0.1) is 0 Å². The molecule has 17 heavy (non-hydrogen) atoms. The number of aryl methyl sites for hydroxylation is 2. The molecule has 0 radical (unpaired) electrons. The third-order valence-electron chi connectivity index (χ3n) is 2.68. The van der Waals surface area contributed by atoms with Gasteiger partial charge in [0.2, 0.25) is 0 Å². The summed E-state index contributed by atoms with van der Waals surface area (Å²) in [5.41, 5.74) is 9.09. The number of hydrogen-bond donors (Lipinski definition) is 1. The van der Waals surface area contributed by atoms with E-state index in [2.05, 4.69) is 28.1 Å². The van der Waals surface area contributed by atoms with Crippen molar-refractivity contribution < 1.29 is 0 Å². The van der Waals surface area contributed by atoms with E-state index in [-0.39, 0.29) is 6.04 Å². The Hall–Kier alpha value is -1.75. The monoisotopic (exact) mass is 231 g/mol. The van der Waals surface area contributed by atoms with Crippen LogP contribution in [0.4, 0.5) is 0 Å². The van der Waals surface area contributed by atoms with Crippen LogP contribution in [0.3, 0.4) is 0 Å². The molecule has 90 valence electrons. The van der Waals surface area contributed by atoms with Crippen LogP contribution in [0.1, 0.15) is 30.0 Å². The molecule has 0 fully saturated rings. The van der Waals surface area contributed by atoms with E-state index in [0.717, 1.165) is 30.0 Å². The minimum Gasteiger partial charge on any atom is -0.322 e. The molecule has 0 saturated heterocycles. The van der Waals surface area contributed by atoms with Crippen molar-refractivity contribution in [1.82, 2.24) is 19.7 Å². The van der Waals surface area contributed by atoms with Crippen molar-refractivity contribution in [2.45, 2.75) is 32.9 Å². The van der Waals surface area contributed by atoms with Crippen LogP contribution in [-0.4, -0.2) is 19.7 Å². The van der Waals surface area contributed by atoms with Gasteiger partial charge in [-0.1, -0.05) is 0 Å². The number of nitrogens with two attached hydrogens (primary N) is 1. The Morgan fingerprint density at radius 2 is 2.24 bits per heavy atom. The molecule has 1 unspecified atom stereocenters. The van der Waals surface area contributed by atoms with Gasteiger partial charge < -0.3 is 5.73 Å². The molecule has 2 rings (SSSR count). The van der Waals surface area contributed by atoms with Gasteiger partial charge in [0, 0.05) is 37.3 Å². The average molecular weight is 231 g/mol. The first-order chi connectivity index (χ1) is 8.20. The average Bonchev–Trinajstić information content (AvgIpc) is 2.70. The zero-order valence-electron chi connectivity index (χ0n) is 10.2. The quantitative estimate of drug-likeness (QED) is 0.859. The summed E-state index contributed by atoms with van der Waals surface area (Å²) in [6, 6.07) is 1.94. The van der Waals surface area contributed by atoms with Crippen molar-refractivity contribution in [3.63, 3.8) is 0 Å². The van der Waals surface area contributed by atoms with E-state index < -0.39 is 0 Å². The van der Waals surface area contributed by atoms with Gasteiger partial charge in [0.15, 0.2) is 0 Å². The highest BCUT2D eigenvalue weighted by molar-refractivity contribution is 5.13. The third-order valence-corrected chi connectivity index (χ3v) is 2.68. The lowest BCUT2D eigenvalue weighted by Gasteiger charge is -2.11. The molecule has 0 saturated carbocycles. The maximum atomic E-state index is 6.12. The molecule has 0 aliphatic rings. The normalized spacial score (nSPS) is 12.6. The Kier molecular flexibility index (Phi) is 3.49. The lowest BCUT2D eigenvalue weighted by atomic mass is 10.1. The van der Waals surface area contributed by atoms with Crippen LogP contribution in [0, 0.1) is 6.92 Å². The fourth-order valence-corrected chi connectivity index (χ4v) is 1.87. The van der Waals surface area contributed by atoms with E-state index >= 15 is 0 Å². The smallest absolute Gasteiger partial charge is 0.0757 e. The summed E-state index contributed by atoms with van der Waals surface area (Å²) >= 11 is 0. The zero-order valence-corrected chi connectivity index (χ0v) is 10.2. The molecule has 1 atom stereocenters. The summed E-state index contributed by atoms with van der Waals surface area (Å²) in [4.78, 5) is 8.25. The van der Waals surface area contributed by atoms with Crippen molar-refractivity contribution in [3.05, 3.63) is 41.7 Å². The van der Waals surface area contributed by atoms with Crippen LogP contribution in [0.2, 0.25) is 0 Å². The van der Waals surface area contributed by atoms with Crippen LogP contribution >= 0.6 is 0 Å². The van der Waals surface area contributed by atoms with Crippen molar-refractivity contribution in [1.29, 1.82) is 0 Å². The SMILES string of the molecule is CCn1nc(C)cc1CC(N)c1cnccn1. The van der Waals surface area contributed by atoms with Crippen molar-refractivity contribution in [2.24, 2.45) is 5.73 Å². The van der Waals surface area contributed by atoms with Gasteiger partial charge in [0.1, 0.15) is 0 Å². The highest BCUT2D eigenvalue weighted by Gasteiger charge is 2.12.